The summed E-state index contributed by atoms with van der Waals surface area (Å²) < 4.78 is 24.0. The number of methoxy groups -OCH3 is 1. The molecule has 6 heteroatoms. The van der Waals surface area contributed by atoms with Crippen LogP contribution in [0.5, 0.6) is 0 Å². The smallest absolute Gasteiger partial charge is 0.349 e. The van der Waals surface area contributed by atoms with Crippen molar-refractivity contribution in [2.75, 3.05) is 13.7 Å². The van der Waals surface area contributed by atoms with Crippen molar-refractivity contribution in [3.8, 4) is 6.07 Å². The van der Waals surface area contributed by atoms with Gasteiger partial charge in [-0.3, -0.25) is 0 Å². The Kier molecular flexibility index (Phi) is 6.36. The summed E-state index contributed by atoms with van der Waals surface area (Å²) >= 11 is 3.19. The standard InChI is InChI=1S/C14H13BrFNO3/c1-9(8-19-2)20-14(18)11(7-17)5-10-6-12(15)3-4-13(10)16/h3-6,9H,8H2,1-2H3/b11-5+/t9-/m1/s1. The fourth-order valence-corrected chi connectivity index (χ4v) is 1.81. The Morgan fingerprint density at radius 2 is 2.30 bits per heavy atom. The lowest BCUT2D eigenvalue weighted by molar-refractivity contribution is -0.145. The molecule has 0 saturated carbocycles. The van der Waals surface area contributed by atoms with Gasteiger partial charge in [-0.25, -0.2) is 9.18 Å². The second-order valence-corrected chi connectivity index (χ2v) is 4.92. The number of rotatable bonds is 5. The topological polar surface area (TPSA) is 59.3 Å². The van der Waals surface area contributed by atoms with E-state index in [1.807, 2.05) is 0 Å². The zero-order valence-corrected chi connectivity index (χ0v) is 12.6. The van der Waals surface area contributed by atoms with Crippen molar-refractivity contribution in [2.45, 2.75) is 13.0 Å². The molecular formula is C14H13BrFNO3. The maximum absolute atomic E-state index is 13.6. The Hall–Kier alpha value is -1.71. The average Bonchev–Trinajstić information content (AvgIpc) is 2.39. The summed E-state index contributed by atoms with van der Waals surface area (Å²) in [4.78, 5) is 11.8. The molecule has 0 aromatic heterocycles. The summed E-state index contributed by atoms with van der Waals surface area (Å²) in [7, 11) is 1.47. The second kappa shape index (κ2) is 7.78. The van der Waals surface area contributed by atoms with Crippen molar-refractivity contribution in [1.29, 1.82) is 5.26 Å². The van der Waals surface area contributed by atoms with E-state index in [1.165, 1.54) is 25.3 Å². The third-order valence-electron chi connectivity index (χ3n) is 2.31. The van der Waals surface area contributed by atoms with Crippen molar-refractivity contribution >= 4 is 28.0 Å². The van der Waals surface area contributed by atoms with Crippen molar-refractivity contribution in [3.63, 3.8) is 0 Å². The first-order valence-corrected chi connectivity index (χ1v) is 6.54. The Balaban J connectivity index is 2.95. The van der Waals surface area contributed by atoms with Crippen LogP contribution >= 0.6 is 15.9 Å². The number of nitriles is 1. The van der Waals surface area contributed by atoms with Crippen LogP contribution in [0.15, 0.2) is 28.2 Å². The first kappa shape index (κ1) is 16.3. The van der Waals surface area contributed by atoms with Gasteiger partial charge in [-0.1, -0.05) is 15.9 Å². The lowest BCUT2D eigenvalue weighted by Crippen LogP contribution is -2.20. The molecule has 0 radical (unpaired) electrons. The van der Waals surface area contributed by atoms with Crippen LogP contribution in [0.4, 0.5) is 4.39 Å². The maximum atomic E-state index is 13.6. The van der Waals surface area contributed by atoms with E-state index < -0.39 is 17.9 Å². The van der Waals surface area contributed by atoms with Gasteiger partial charge in [0.05, 0.1) is 6.61 Å². The summed E-state index contributed by atoms with van der Waals surface area (Å²) in [5.74, 6) is -1.34. The molecule has 0 heterocycles. The molecule has 1 aromatic carbocycles. The van der Waals surface area contributed by atoms with Gasteiger partial charge in [-0.05, 0) is 31.2 Å². The molecule has 0 saturated heterocycles. The summed E-state index contributed by atoms with van der Waals surface area (Å²) in [5.41, 5.74) is -0.141. The summed E-state index contributed by atoms with van der Waals surface area (Å²) in [6, 6.07) is 5.94. The quantitative estimate of drug-likeness (QED) is 0.469. The molecule has 4 nitrogen and oxygen atoms in total. The number of carbonyl (C=O) groups excluding carboxylic acids is 1. The van der Waals surface area contributed by atoms with E-state index >= 15 is 0 Å². The lowest BCUT2D eigenvalue weighted by atomic mass is 10.1. The molecule has 0 spiro atoms. The second-order valence-electron chi connectivity index (χ2n) is 4.01. The van der Waals surface area contributed by atoms with E-state index in [4.69, 9.17) is 14.7 Å². The summed E-state index contributed by atoms with van der Waals surface area (Å²) in [5, 5.41) is 8.98. The SMILES string of the molecule is COC[C@@H](C)OC(=O)/C(C#N)=C/c1cc(Br)ccc1F. The zero-order chi connectivity index (χ0) is 15.1. The number of nitrogens with zero attached hydrogens (tertiary/aromatic N) is 1. The molecule has 106 valence electrons. The minimum Gasteiger partial charge on any atom is -0.456 e. The first-order chi connectivity index (χ1) is 9.47. The van der Waals surface area contributed by atoms with E-state index in [0.29, 0.717) is 4.47 Å². The van der Waals surface area contributed by atoms with Crippen LogP contribution in [-0.4, -0.2) is 25.8 Å². The molecule has 0 amide bonds. The van der Waals surface area contributed by atoms with Gasteiger partial charge in [0.25, 0.3) is 0 Å². The van der Waals surface area contributed by atoms with Crippen LogP contribution < -0.4 is 0 Å². The van der Waals surface area contributed by atoms with Gasteiger partial charge in [0.1, 0.15) is 23.6 Å². The predicted molar refractivity (Wildman–Crippen MR) is 75.1 cm³/mol. The number of hydrogen-bond acceptors (Lipinski definition) is 4. The molecular weight excluding hydrogens is 329 g/mol. The molecule has 1 atom stereocenters. The predicted octanol–water partition coefficient (Wildman–Crippen LogP) is 3.07. The first-order valence-electron chi connectivity index (χ1n) is 5.74. The van der Waals surface area contributed by atoms with E-state index in [2.05, 4.69) is 15.9 Å². The normalized spacial score (nSPS) is 12.7. The summed E-state index contributed by atoms with van der Waals surface area (Å²) in [6.07, 6.45) is 0.665. The number of carbonyl (C=O) groups is 1. The summed E-state index contributed by atoms with van der Waals surface area (Å²) in [6.45, 7) is 1.85. The maximum Gasteiger partial charge on any atom is 0.349 e. The third kappa shape index (κ3) is 4.76. The number of esters is 1. The Morgan fingerprint density at radius 1 is 1.60 bits per heavy atom. The fraction of sp³-hybridized carbons (Fsp3) is 0.286. The third-order valence-corrected chi connectivity index (χ3v) is 2.80. The Bertz CT molecular complexity index is 566. The highest BCUT2D eigenvalue weighted by Crippen LogP contribution is 2.18. The van der Waals surface area contributed by atoms with E-state index in [-0.39, 0.29) is 17.7 Å². The Morgan fingerprint density at radius 3 is 2.90 bits per heavy atom. The number of halogens is 2. The molecule has 0 unspecified atom stereocenters. The molecule has 1 aromatic rings. The number of benzene rings is 1. The zero-order valence-electron chi connectivity index (χ0n) is 11.0. The van der Waals surface area contributed by atoms with E-state index in [0.717, 1.165) is 6.08 Å². The van der Waals surface area contributed by atoms with Crippen LogP contribution in [0.25, 0.3) is 6.08 Å². The van der Waals surface area contributed by atoms with Gasteiger partial charge in [0.15, 0.2) is 0 Å². The van der Waals surface area contributed by atoms with Crippen molar-refractivity contribution in [3.05, 3.63) is 39.6 Å². The van der Waals surface area contributed by atoms with E-state index in [1.54, 1.807) is 13.0 Å². The molecule has 20 heavy (non-hydrogen) atoms. The molecule has 0 aliphatic heterocycles. The van der Waals surface area contributed by atoms with Crippen LogP contribution in [0, 0.1) is 17.1 Å². The molecule has 0 aliphatic carbocycles. The lowest BCUT2D eigenvalue weighted by Gasteiger charge is -2.11. The molecule has 0 fully saturated rings. The van der Waals surface area contributed by atoms with Crippen LogP contribution in [0.2, 0.25) is 0 Å². The monoisotopic (exact) mass is 341 g/mol. The molecule has 0 bridgehead atoms. The van der Waals surface area contributed by atoms with Crippen molar-refractivity contribution < 1.29 is 18.7 Å². The van der Waals surface area contributed by atoms with Gasteiger partial charge in [0.2, 0.25) is 0 Å². The fourth-order valence-electron chi connectivity index (χ4n) is 1.43. The average molecular weight is 342 g/mol. The minimum absolute atomic E-state index is 0.132. The van der Waals surface area contributed by atoms with E-state index in [9.17, 15) is 9.18 Å². The van der Waals surface area contributed by atoms with Gasteiger partial charge in [0, 0.05) is 17.1 Å². The molecule has 0 N–H and O–H groups in total. The molecule has 1 rings (SSSR count). The highest BCUT2D eigenvalue weighted by Gasteiger charge is 2.15. The van der Waals surface area contributed by atoms with Gasteiger partial charge >= 0.3 is 5.97 Å². The van der Waals surface area contributed by atoms with Crippen molar-refractivity contribution in [1.82, 2.24) is 0 Å². The highest BCUT2D eigenvalue weighted by molar-refractivity contribution is 9.10. The minimum atomic E-state index is -0.809. The van der Waals surface area contributed by atoms with Gasteiger partial charge in [-0.15, -0.1) is 0 Å². The van der Waals surface area contributed by atoms with Gasteiger partial charge in [-0.2, -0.15) is 5.26 Å². The highest BCUT2D eigenvalue weighted by atomic mass is 79.9. The van der Waals surface area contributed by atoms with Gasteiger partial charge < -0.3 is 9.47 Å². The largest absolute Gasteiger partial charge is 0.456 e. The molecule has 0 aliphatic rings. The van der Waals surface area contributed by atoms with Crippen LogP contribution in [0.1, 0.15) is 12.5 Å². The van der Waals surface area contributed by atoms with Crippen LogP contribution in [-0.2, 0) is 14.3 Å². The number of ether oxygens (including phenoxy) is 2. The van der Waals surface area contributed by atoms with Crippen molar-refractivity contribution in [2.24, 2.45) is 0 Å². The number of hydrogen-bond donors (Lipinski definition) is 0. The Labute approximate surface area is 124 Å². The van der Waals surface area contributed by atoms with Crippen LogP contribution in [0.3, 0.4) is 0 Å².